The molecule has 0 aliphatic carbocycles. The monoisotopic (exact) mass is 411 g/mol. The lowest BCUT2D eigenvalue weighted by molar-refractivity contribution is 0.341. The van der Waals surface area contributed by atoms with Crippen LogP contribution >= 0.6 is 23.1 Å². The zero-order chi connectivity index (χ0) is 18.6. The van der Waals surface area contributed by atoms with Gasteiger partial charge < -0.3 is 10.6 Å². The van der Waals surface area contributed by atoms with Crippen molar-refractivity contribution in [3.8, 4) is 0 Å². The summed E-state index contributed by atoms with van der Waals surface area (Å²) in [7, 11) is -3.75. The minimum Gasteiger partial charge on any atom is -0.374 e. The van der Waals surface area contributed by atoms with Crippen molar-refractivity contribution in [1.82, 2.24) is 15.1 Å². The van der Waals surface area contributed by atoms with Crippen molar-refractivity contribution < 1.29 is 8.42 Å². The normalized spacial score (nSPS) is 16.0. The summed E-state index contributed by atoms with van der Waals surface area (Å²) < 4.78 is 30.4. The molecule has 0 unspecified atom stereocenters. The average molecular weight is 412 g/mol. The van der Waals surface area contributed by atoms with E-state index in [1.54, 1.807) is 24.3 Å². The van der Waals surface area contributed by atoms with Gasteiger partial charge in [0, 0.05) is 13.1 Å². The standard InChI is InChI=1S/C16H21N5O2S3/c1-12-5-7-13(8-6-12)26(22,23)20-14(21-9-3-2-4-10-21)11-24-16-19-18-15(17)25-16/h5-8H,2-4,9-11H2,1H3,(H2,17,18)/b20-14-. The van der Waals surface area contributed by atoms with E-state index in [-0.39, 0.29) is 4.90 Å². The summed E-state index contributed by atoms with van der Waals surface area (Å²) in [5, 5.41) is 8.17. The van der Waals surface area contributed by atoms with E-state index < -0.39 is 10.0 Å². The zero-order valence-corrected chi connectivity index (χ0v) is 16.9. The van der Waals surface area contributed by atoms with Gasteiger partial charge in [0.2, 0.25) is 5.13 Å². The molecule has 0 amide bonds. The maximum Gasteiger partial charge on any atom is 0.283 e. The van der Waals surface area contributed by atoms with Gasteiger partial charge >= 0.3 is 0 Å². The van der Waals surface area contributed by atoms with Gasteiger partial charge in [-0.2, -0.15) is 8.42 Å². The van der Waals surface area contributed by atoms with Gasteiger partial charge in [-0.3, -0.25) is 0 Å². The van der Waals surface area contributed by atoms with E-state index >= 15 is 0 Å². The summed E-state index contributed by atoms with van der Waals surface area (Å²) in [5.74, 6) is 0.976. The smallest absolute Gasteiger partial charge is 0.283 e. The van der Waals surface area contributed by atoms with Gasteiger partial charge in [-0.05, 0) is 38.3 Å². The van der Waals surface area contributed by atoms with Gasteiger partial charge in [-0.15, -0.1) is 14.6 Å². The Hall–Kier alpha value is -1.65. The Balaban J connectivity index is 1.85. The highest BCUT2D eigenvalue weighted by molar-refractivity contribution is 8.01. The molecule has 1 aromatic heterocycles. The molecule has 3 rings (SSSR count). The molecule has 26 heavy (non-hydrogen) atoms. The first kappa shape index (κ1) is 19.1. The predicted octanol–water partition coefficient (Wildman–Crippen LogP) is 2.79. The highest BCUT2D eigenvalue weighted by atomic mass is 32.2. The van der Waals surface area contributed by atoms with E-state index in [0.29, 0.717) is 21.1 Å². The largest absolute Gasteiger partial charge is 0.374 e. The Morgan fingerprint density at radius 2 is 1.92 bits per heavy atom. The molecule has 1 aliphatic heterocycles. The van der Waals surface area contributed by atoms with Crippen molar-refractivity contribution in [3.05, 3.63) is 29.8 Å². The molecule has 0 bridgehead atoms. The van der Waals surface area contributed by atoms with Crippen molar-refractivity contribution in [2.24, 2.45) is 4.40 Å². The fourth-order valence-electron chi connectivity index (χ4n) is 2.63. The molecule has 2 N–H and O–H groups in total. The number of hydrogen-bond acceptors (Lipinski definition) is 7. The molecule has 1 fully saturated rings. The number of nitrogens with zero attached hydrogens (tertiary/aromatic N) is 4. The second-order valence-electron chi connectivity index (χ2n) is 6.04. The molecule has 1 aromatic carbocycles. The summed E-state index contributed by atoms with van der Waals surface area (Å²) >= 11 is 2.70. The number of aryl methyl sites for hydroxylation is 1. The van der Waals surface area contributed by atoms with Gasteiger partial charge in [0.05, 0.1) is 10.6 Å². The van der Waals surface area contributed by atoms with E-state index in [1.165, 1.54) is 23.1 Å². The van der Waals surface area contributed by atoms with Crippen LogP contribution in [0.5, 0.6) is 0 Å². The van der Waals surface area contributed by atoms with Crippen LogP contribution in [-0.2, 0) is 10.0 Å². The van der Waals surface area contributed by atoms with Crippen LogP contribution in [0, 0.1) is 6.92 Å². The van der Waals surface area contributed by atoms with E-state index in [1.807, 2.05) is 6.92 Å². The lowest BCUT2D eigenvalue weighted by Crippen LogP contribution is -2.37. The van der Waals surface area contributed by atoms with Gasteiger partial charge in [0.1, 0.15) is 5.84 Å². The van der Waals surface area contributed by atoms with Crippen LogP contribution in [0.1, 0.15) is 24.8 Å². The number of sulfonamides is 1. The maximum absolute atomic E-state index is 12.7. The summed E-state index contributed by atoms with van der Waals surface area (Å²) in [4.78, 5) is 2.27. The summed E-state index contributed by atoms with van der Waals surface area (Å²) in [6.45, 7) is 3.56. The number of piperidine rings is 1. The first-order valence-corrected chi connectivity index (χ1v) is 11.6. The number of rotatable bonds is 5. The van der Waals surface area contributed by atoms with Crippen LogP contribution in [0.2, 0.25) is 0 Å². The number of nitrogens with two attached hydrogens (primary N) is 1. The Morgan fingerprint density at radius 3 is 2.54 bits per heavy atom. The van der Waals surface area contributed by atoms with Crippen LogP contribution < -0.4 is 5.73 Å². The molecule has 1 saturated heterocycles. The molecule has 0 atom stereocenters. The number of anilines is 1. The van der Waals surface area contributed by atoms with E-state index in [2.05, 4.69) is 19.5 Å². The van der Waals surface area contributed by atoms with Crippen LogP contribution in [0.25, 0.3) is 0 Å². The van der Waals surface area contributed by atoms with Crippen LogP contribution in [-0.4, -0.2) is 48.2 Å². The first-order chi connectivity index (χ1) is 12.4. The van der Waals surface area contributed by atoms with Gasteiger partial charge in [-0.1, -0.05) is 40.8 Å². The molecular weight excluding hydrogens is 390 g/mol. The van der Waals surface area contributed by atoms with E-state index in [0.717, 1.165) is 37.9 Å². The maximum atomic E-state index is 12.7. The molecule has 1 aliphatic rings. The lowest BCUT2D eigenvalue weighted by atomic mass is 10.1. The third-order valence-corrected chi connectivity index (χ3v) is 7.21. The number of benzene rings is 1. The highest BCUT2D eigenvalue weighted by Crippen LogP contribution is 2.25. The highest BCUT2D eigenvalue weighted by Gasteiger charge is 2.21. The first-order valence-electron chi connectivity index (χ1n) is 8.31. The second-order valence-corrected chi connectivity index (χ2v) is 9.87. The molecule has 2 aromatic rings. The molecule has 140 valence electrons. The van der Waals surface area contributed by atoms with Crippen molar-refractivity contribution >= 4 is 44.1 Å². The second kappa shape index (κ2) is 8.36. The van der Waals surface area contributed by atoms with Crippen LogP contribution in [0.3, 0.4) is 0 Å². The van der Waals surface area contributed by atoms with Crippen molar-refractivity contribution in [2.45, 2.75) is 35.4 Å². The average Bonchev–Trinajstić information content (AvgIpc) is 3.05. The van der Waals surface area contributed by atoms with E-state index in [9.17, 15) is 8.42 Å². The number of thioether (sulfide) groups is 1. The van der Waals surface area contributed by atoms with Crippen LogP contribution in [0.15, 0.2) is 37.9 Å². The van der Waals surface area contributed by atoms with Gasteiger partial charge in [0.25, 0.3) is 10.0 Å². The molecule has 0 saturated carbocycles. The fourth-order valence-corrected chi connectivity index (χ4v) is 5.37. The number of hydrogen-bond donors (Lipinski definition) is 1. The number of aromatic nitrogens is 2. The molecule has 7 nitrogen and oxygen atoms in total. The lowest BCUT2D eigenvalue weighted by Gasteiger charge is -2.29. The third kappa shape index (κ3) is 4.95. The minimum atomic E-state index is -3.75. The van der Waals surface area contributed by atoms with Crippen molar-refractivity contribution in [1.29, 1.82) is 0 Å². The topological polar surface area (TPSA) is 102 Å². The molecular formula is C16H21N5O2S3. The molecule has 0 radical (unpaired) electrons. The SMILES string of the molecule is Cc1ccc(S(=O)(=O)/N=C(/CSc2nnc(N)s2)N2CCCCC2)cc1. The summed E-state index contributed by atoms with van der Waals surface area (Å²) in [6.07, 6.45) is 3.24. The fraction of sp³-hybridized carbons (Fsp3) is 0.438. The quantitative estimate of drug-likeness (QED) is 0.458. The van der Waals surface area contributed by atoms with Crippen LogP contribution in [0.4, 0.5) is 5.13 Å². The Kier molecular flexibility index (Phi) is 6.15. The number of amidine groups is 1. The Bertz CT molecular complexity index is 872. The summed E-state index contributed by atoms with van der Waals surface area (Å²) in [6, 6.07) is 6.75. The molecule has 2 heterocycles. The van der Waals surface area contributed by atoms with E-state index in [4.69, 9.17) is 5.73 Å². The number of nitrogen functional groups attached to an aromatic ring is 1. The predicted molar refractivity (Wildman–Crippen MR) is 106 cm³/mol. The van der Waals surface area contributed by atoms with Gasteiger partial charge in [-0.25, -0.2) is 0 Å². The zero-order valence-electron chi connectivity index (χ0n) is 14.5. The minimum absolute atomic E-state index is 0.211. The van der Waals surface area contributed by atoms with Crippen molar-refractivity contribution in [3.63, 3.8) is 0 Å². The summed E-state index contributed by atoms with van der Waals surface area (Å²) in [5.41, 5.74) is 6.62. The Labute approximate surface area is 161 Å². The molecule has 10 heteroatoms. The van der Waals surface area contributed by atoms with Crippen molar-refractivity contribution in [2.75, 3.05) is 24.6 Å². The van der Waals surface area contributed by atoms with Gasteiger partial charge in [0.15, 0.2) is 4.34 Å². The third-order valence-electron chi connectivity index (χ3n) is 4.01. The Morgan fingerprint density at radius 1 is 1.23 bits per heavy atom. The molecule has 0 spiro atoms. The number of likely N-dealkylation sites (tertiary alicyclic amines) is 1.